The Morgan fingerprint density at radius 1 is 1.69 bits per heavy atom. The molecule has 1 atom stereocenters. The number of rotatable bonds is 7. The van der Waals surface area contributed by atoms with Crippen molar-refractivity contribution in [2.24, 2.45) is 0 Å². The number of nitrogens with zero attached hydrogens (tertiary/aromatic N) is 1. The highest BCUT2D eigenvalue weighted by Crippen LogP contribution is 1.97. The van der Waals surface area contributed by atoms with E-state index in [1.165, 1.54) is 0 Å². The van der Waals surface area contributed by atoms with Gasteiger partial charge in [-0.25, -0.2) is 0 Å². The molecule has 13 heavy (non-hydrogen) atoms. The van der Waals surface area contributed by atoms with Gasteiger partial charge in [0.15, 0.2) is 0 Å². The van der Waals surface area contributed by atoms with Gasteiger partial charge in [0.2, 0.25) is 0 Å². The Hall–Kier alpha value is -0.870. The van der Waals surface area contributed by atoms with Gasteiger partial charge in [-0.1, -0.05) is 6.08 Å². The molecule has 0 rings (SSSR count). The summed E-state index contributed by atoms with van der Waals surface area (Å²) in [6.07, 6.45) is 1.92. The maximum Gasteiger partial charge on any atom is 0.304 e. The first-order chi connectivity index (χ1) is 6.07. The number of carbonyl (C=O) groups is 1. The number of hydrogen-bond donors (Lipinski definition) is 2. The summed E-state index contributed by atoms with van der Waals surface area (Å²) < 4.78 is 0. The van der Waals surface area contributed by atoms with Crippen LogP contribution in [-0.4, -0.2) is 49.2 Å². The first-order valence-corrected chi connectivity index (χ1v) is 4.27. The van der Waals surface area contributed by atoms with Gasteiger partial charge < -0.3 is 15.3 Å². The Labute approximate surface area is 79.2 Å². The molecule has 0 aliphatic carbocycles. The van der Waals surface area contributed by atoms with Crippen LogP contribution in [0.4, 0.5) is 0 Å². The normalized spacial score (nSPS) is 12.8. The van der Waals surface area contributed by atoms with E-state index < -0.39 is 5.97 Å². The van der Waals surface area contributed by atoms with Crippen molar-refractivity contribution in [3.05, 3.63) is 12.7 Å². The monoisotopic (exact) mass is 186 g/mol. The lowest BCUT2D eigenvalue weighted by molar-refractivity contribution is -0.138. The van der Waals surface area contributed by atoms with Crippen LogP contribution in [0.2, 0.25) is 0 Å². The predicted molar refractivity (Wildman–Crippen MR) is 52.8 cm³/mol. The summed E-state index contributed by atoms with van der Waals surface area (Å²) in [5, 5.41) is 11.7. The minimum atomic E-state index is -0.765. The molecule has 4 heteroatoms. The lowest BCUT2D eigenvalue weighted by atomic mass is 10.2. The minimum Gasteiger partial charge on any atom is -0.481 e. The molecule has 0 heterocycles. The average Bonchev–Trinajstić information content (AvgIpc) is 2.02. The molecule has 4 nitrogen and oxygen atoms in total. The molecular formula is C9H18N2O2. The minimum absolute atomic E-state index is 0.0393. The molecule has 0 aromatic heterocycles. The van der Waals surface area contributed by atoms with Crippen molar-refractivity contribution >= 4 is 5.97 Å². The zero-order valence-electron chi connectivity index (χ0n) is 8.29. The van der Waals surface area contributed by atoms with E-state index in [9.17, 15) is 4.79 Å². The van der Waals surface area contributed by atoms with Crippen molar-refractivity contribution in [3.8, 4) is 0 Å². The Bertz CT molecular complexity index is 169. The lowest BCUT2D eigenvalue weighted by Crippen LogP contribution is -2.39. The van der Waals surface area contributed by atoms with E-state index in [0.29, 0.717) is 13.1 Å². The van der Waals surface area contributed by atoms with Crippen molar-refractivity contribution in [2.75, 3.05) is 27.2 Å². The zero-order chi connectivity index (χ0) is 10.3. The molecule has 0 radical (unpaired) electrons. The van der Waals surface area contributed by atoms with Gasteiger partial charge in [0, 0.05) is 19.1 Å². The molecule has 0 aromatic carbocycles. The lowest BCUT2D eigenvalue weighted by Gasteiger charge is -2.22. The molecular weight excluding hydrogens is 168 g/mol. The van der Waals surface area contributed by atoms with E-state index in [0.717, 1.165) is 0 Å². The van der Waals surface area contributed by atoms with Gasteiger partial charge >= 0.3 is 5.97 Å². The molecule has 1 unspecified atom stereocenters. The van der Waals surface area contributed by atoms with Crippen LogP contribution >= 0.6 is 0 Å². The third kappa shape index (κ3) is 6.31. The number of carboxylic acids is 1. The second kappa shape index (κ2) is 6.62. The van der Waals surface area contributed by atoms with Gasteiger partial charge in [0.05, 0.1) is 6.42 Å². The fourth-order valence-electron chi connectivity index (χ4n) is 0.991. The van der Waals surface area contributed by atoms with Crippen LogP contribution < -0.4 is 5.32 Å². The summed E-state index contributed by atoms with van der Waals surface area (Å²) in [4.78, 5) is 12.4. The van der Waals surface area contributed by atoms with Crippen molar-refractivity contribution < 1.29 is 9.90 Å². The van der Waals surface area contributed by atoms with E-state index in [2.05, 4.69) is 11.9 Å². The van der Waals surface area contributed by atoms with E-state index in [1.807, 2.05) is 19.0 Å². The zero-order valence-corrected chi connectivity index (χ0v) is 8.29. The molecule has 0 aliphatic heterocycles. The largest absolute Gasteiger partial charge is 0.481 e. The van der Waals surface area contributed by atoms with Gasteiger partial charge in [-0.05, 0) is 14.1 Å². The number of aliphatic carboxylic acids is 1. The third-order valence-electron chi connectivity index (χ3n) is 1.81. The van der Waals surface area contributed by atoms with E-state index in [4.69, 9.17) is 5.11 Å². The number of hydrogen-bond acceptors (Lipinski definition) is 3. The van der Waals surface area contributed by atoms with E-state index in [-0.39, 0.29) is 12.5 Å². The molecule has 0 aliphatic rings. The number of nitrogens with one attached hydrogen (secondary N) is 1. The van der Waals surface area contributed by atoms with Crippen molar-refractivity contribution in [1.82, 2.24) is 10.2 Å². The van der Waals surface area contributed by atoms with Crippen molar-refractivity contribution in [2.45, 2.75) is 12.5 Å². The van der Waals surface area contributed by atoms with E-state index in [1.54, 1.807) is 6.08 Å². The highest BCUT2D eigenvalue weighted by atomic mass is 16.4. The Morgan fingerprint density at radius 3 is 2.69 bits per heavy atom. The molecule has 0 saturated carbocycles. The number of likely N-dealkylation sites (N-methyl/N-ethyl adjacent to an activating group) is 1. The van der Waals surface area contributed by atoms with Crippen LogP contribution in [0, 0.1) is 0 Å². The first-order valence-electron chi connectivity index (χ1n) is 4.27. The summed E-state index contributed by atoms with van der Waals surface area (Å²) in [6, 6.07) is 0.0393. The molecule has 0 fully saturated rings. The van der Waals surface area contributed by atoms with Crippen molar-refractivity contribution in [1.29, 1.82) is 0 Å². The summed E-state index contributed by atoms with van der Waals surface area (Å²) in [7, 11) is 3.76. The van der Waals surface area contributed by atoms with Crippen LogP contribution in [-0.2, 0) is 4.79 Å². The van der Waals surface area contributed by atoms with Gasteiger partial charge in [-0.2, -0.15) is 0 Å². The molecule has 0 aromatic rings. The van der Waals surface area contributed by atoms with Crippen LogP contribution in [0.15, 0.2) is 12.7 Å². The number of carboxylic acid groups (broad SMARTS) is 1. The maximum absolute atomic E-state index is 10.5. The molecule has 76 valence electrons. The first kappa shape index (κ1) is 12.1. The molecule has 0 amide bonds. The van der Waals surface area contributed by atoms with Crippen LogP contribution in [0.1, 0.15) is 6.42 Å². The van der Waals surface area contributed by atoms with Crippen LogP contribution in [0.3, 0.4) is 0 Å². The SMILES string of the molecule is C=CCNCC(CC(=O)O)N(C)C. The fourth-order valence-corrected chi connectivity index (χ4v) is 0.991. The predicted octanol–water partition coefficient (Wildman–Crippen LogP) is 0.167. The van der Waals surface area contributed by atoms with Crippen LogP contribution in [0.5, 0.6) is 0 Å². The third-order valence-corrected chi connectivity index (χ3v) is 1.81. The second-order valence-corrected chi connectivity index (χ2v) is 3.16. The van der Waals surface area contributed by atoms with Gasteiger partial charge in [-0.3, -0.25) is 4.79 Å². The summed E-state index contributed by atoms with van der Waals surface area (Å²) in [6.45, 7) is 4.96. The molecule has 0 spiro atoms. The van der Waals surface area contributed by atoms with Crippen LogP contribution in [0.25, 0.3) is 0 Å². The quantitative estimate of drug-likeness (QED) is 0.439. The standard InChI is InChI=1S/C9H18N2O2/c1-4-5-10-7-8(11(2)3)6-9(12)13/h4,8,10H,1,5-7H2,2-3H3,(H,12,13). The van der Waals surface area contributed by atoms with Gasteiger partial charge in [0.1, 0.15) is 0 Å². The Kier molecular flexibility index (Phi) is 6.18. The highest BCUT2D eigenvalue weighted by Gasteiger charge is 2.14. The smallest absolute Gasteiger partial charge is 0.304 e. The summed E-state index contributed by atoms with van der Waals surface area (Å²) >= 11 is 0. The summed E-state index contributed by atoms with van der Waals surface area (Å²) in [5.41, 5.74) is 0. The van der Waals surface area contributed by atoms with Gasteiger partial charge in [0.25, 0.3) is 0 Å². The second-order valence-electron chi connectivity index (χ2n) is 3.16. The Morgan fingerprint density at radius 2 is 2.31 bits per heavy atom. The highest BCUT2D eigenvalue weighted by molar-refractivity contribution is 5.67. The summed E-state index contributed by atoms with van der Waals surface area (Å²) in [5.74, 6) is -0.765. The molecule has 0 saturated heterocycles. The topological polar surface area (TPSA) is 52.6 Å². The van der Waals surface area contributed by atoms with E-state index >= 15 is 0 Å². The van der Waals surface area contributed by atoms with Gasteiger partial charge in [-0.15, -0.1) is 6.58 Å². The van der Waals surface area contributed by atoms with Crippen molar-refractivity contribution in [3.63, 3.8) is 0 Å². The Balaban J connectivity index is 3.80. The maximum atomic E-state index is 10.5. The molecule has 0 bridgehead atoms. The fraction of sp³-hybridized carbons (Fsp3) is 0.667. The molecule has 2 N–H and O–H groups in total. The average molecular weight is 186 g/mol.